The molecule has 32 heavy (non-hydrogen) atoms. The van der Waals surface area contributed by atoms with Crippen molar-refractivity contribution in [2.45, 2.75) is 43.9 Å². The van der Waals surface area contributed by atoms with Crippen molar-refractivity contribution in [1.82, 2.24) is 20.2 Å². The number of carbonyl (C=O) groups is 1. The van der Waals surface area contributed by atoms with E-state index in [0.29, 0.717) is 36.0 Å². The number of aliphatic carboxylic acids is 1. The summed E-state index contributed by atoms with van der Waals surface area (Å²) < 4.78 is 56.6. The molecule has 5 rings (SSSR count). The maximum atomic E-state index is 13.0. The van der Waals surface area contributed by atoms with Crippen molar-refractivity contribution < 1.29 is 36.6 Å². The number of hydrogen-bond donors (Lipinski definition) is 1. The molecule has 2 aliphatic heterocycles. The zero-order valence-electron chi connectivity index (χ0n) is 16.8. The van der Waals surface area contributed by atoms with E-state index in [1.807, 2.05) is 0 Å². The van der Waals surface area contributed by atoms with Crippen LogP contribution in [0.2, 0.25) is 0 Å². The van der Waals surface area contributed by atoms with E-state index in [1.165, 1.54) is 12.4 Å². The number of carboxylic acids is 1. The lowest BCUT2D eigenvalue weighted by atomic mass is 9.83. The van der Waals surface area contributed by atoms with E-state index in [9.17, 15) is 17.6 Å². The molecule has 3 atom stereocenters. The van der Waals surface area contributed by atoms with Gasteiger partial charge in [-0.2, -0.15) is 13.2 Å². The molecule has 3 fully saturated rings. The van der Waals surface area contributed by atoms with Crippen LogP contribution in [0.15, 0.2) is 16.8 Å². The molecule has 0 amide bonds. The topological polar surface area (TPSA) is 114 Å². The van der Waals surface area contributed by atoms with Crippen LogP contribution in [0.5, 0.6) is 0 Å². The Bertz CT molecular complexity index is 935. The molecule has 1 N–H and O–H groups in total. The van der Waals surface area contributed by atoms with Crippen LogP contribution in [0.4, 0.5) is 23.5 Å². The smallest absolute Gasteiger partial charge is 0.475 e. The van der Waals surface area contributed by atoms with Gasteiger partial charge in [-0.15, -0.1) is 10.2 Å². The number of carboxylic acid groups (broad SMARTS) is 1. The summed E-state index contributed by atoms with van der Waals surface area (Å²) in [6, 6.07) is 0. The minimum atomic E-state index is -5.08. The highest BCUT2D eigenvalue weighted by molar-refractivity contribution is 5.73. The first-order chi connectivity index (χ1) is 15.2. The van der Waals surface area contributed by atoms with Crippen molar-refractivity contribution in [2.75, 3.05) is 24.6 Å². The molecule has 0 spiro atoms. The SMILES string of the molecule is Fc1cnc(N2CC[C@@H]3[C@@H](CO[C@H]3Cc3nnc(C4CC4)o3)C2)nc1.O=C(O)C(F)(F)F. The molecule has 9 nitrogen and oxygen atoms in total. The van der Waals surface area contributed by atoms with Crippen LogP contribution in [0.1, 0.15) is 37.0 Å². The quantitative estimate of drug-likeness (QED) is 0.689. The third kappa shape index (κ3) is 5.31. The number of nitrogens with zero attached hydrogens (tertiary/aromatic N) is 5. The average molecular weight is 459 g/mol. The Hall–Kier alpha value is -2.83. The lowest BCUT2D eigenvalue weighted by Gasteiger charge is -2.35. The summed E-state index contributed by atoms with van der Waals surface area (Å²) in [6.45, 7) is 2.41. The molecule has 2 aromatic heterocycles. The predicted molar refractivity (Wildman–Crippen MR) is 99.2 cm³/mol. The summed E-state index contributed by atoms with van der Waals surface area (Å²) in [7, 11) is 0. The highest BCUT2D eigenvalue weighted by atomic mass is 19.4. The second kappa shape index (κ2) is 8.96. The third-order valence-electron chi connectivity index (χ3n) is 5.71. The van der Waals surface area contributed by atoms with Crippen LogP contribution in [0.25, 0.3) is 0 Å². The molecule has 174 valence electrons. The highest BCUT2D eigenvalue weighted by Gasteiger charge is 2.42. The van der Waals surface area contributed by atoms with Crippen molar-refractivity contribution in [3.8, 4) is 0 Å². The number of rotatable bonds is 4. The molecule has 0 aromatic carbocycles. The van der Waals surface area contributed by atoms with E-state index in [-0.39, 0.29) is 6.10 Å². The van der Waals surface area contributed by atoms with Gasteiger partial charge in [0, 0.05) is 24.9 Å². The largest absolute Gasteiger partial charge is 0.490 e. The van der Waals surface area contributed by atoms with Gasteiger partial charge in [-0.25, -0.2) is 19.2 Å². The summed E-state index contributed by atoms with van der Waals surface area (Å²) in [6.07, 6.45) is 1.49. The molecule has 2 saturated heterocycles. The number of ether oxygens (including phenoxy) is 1. The van der Waals surface area contributed by atoms with Crippen molar-refractivity contribution in [1.29, 1.82) is 0 Å². The number of piperidine rings is 1. The van der Waals surface area contributed by atoms with Crippen LogP contribution >= 0.6 is 0 Å². The Balaban J connectivity index is 0.000000307. The maximum Gasteiger partial charge on any atom is 0.490 e. The molecular weight excluding hydrogens is 438 g/mol. The number of hydrogen-bond acceptors (Lipinski definition) is 8. The first-order valence-electron chi connectivity index (χ1n) is 10.2. The summed E-state index contributed by atoms with van der Waals surface area (Å²) in [5.74, 6) is 0.295. The van der Waals surface area contributed by atoms with Crippen molar-refractivity contribution in [2.24, 2.45) is 11.8 Å². The molecule has 4 heterocycles. The number of anilines is 1. The fourth-order valence-corrected chi connectivity index (χ4v) is 3.96. The van der Waals surface area contributed by atoms with Crippen LogP contribution in [-0.2, 0) is 16.0 Å². The van der Waals surface area contributed by atoms with Crippen LogP contribution in [0.3, 0.4) is 0 Å². The standard InChI is InChI=1S/C17H20FN5O2.C2HF3O2/c18-12-6-19-17(20-7-12)23-4-3-13-11(8-23)9-24-14(13)5-15-21-22-16(25-15)10-1-2-10;3-2(4,5)1(6)7/h6-7,10-11,13-14H,1-5,8-9H2;(H,6,7)/t11-,13-,14+;/m1./s1. The van der Waals surface area contributed by atoms with E-state index < -0.39 is 18.0 Å². The molecule has 13 heteroatoms. The highest BCUT2D eigenvalue weighted by Crippen LogP contribution is 2.40. The first kappa shape index (κ1) is 22.4. The fraction of sp³-hybridized carbons (Fsp3) is 0.632. The summed E-state index contributed by atoms with van der Waals surface area (Å²) in [5.41, 5.74) is 0. The minimum absolute atomic E-state index is 0.133. The normalized spacial score (nSPS) is 25.1. The Morgan fingerprint density at radius 3 is 2.50 bits per heavy atom. The van der Waals surface area contributed by atoms with E-state index in [1.54, 1.807) is 0 Å². The van der Waals surface area contributed by atoms with E-state index >= 15 is 0 Å². The van der Waals surface area contributed by atoms with Gasteiger partial charge in [0.25, 0.3) is 0 Å². The Morgan fingerprint density at radius 1 is 1.19 bits per heavy atom. The summed E-state index contributed by atoms with van der Waals surface area (Å²) in [5, 5.41) is 15.5. The van der Waals surface area contributed by atoms with Gasteiger partial charge in [-0.1, -0.05) is 0 Å². The zero-order valence-corrected chi connectivity index (χ0v) is 16.8. The number of halogens is 4. The minimum Gasteiger partial charge on any atom is -0.475 e. The van der Waals surface area contributed by atoms with Gasteiger partial charge in [0.15, 0.2) is 5.82 Å². The van der Waals surface area contributed by atoms with Gasteiger partial charge in [-0.05, 0) is 25.2 Å². The molecule has 0 unspecified atom stereocenters. The van der Waals surface area contributed by atoms with E-state index in [0.717, 1.165) is 44.8 Å². The maximum absolute atomic E-state index is 13.0. The Morgan fingerprint density at radius 2 is 1.88 bits per heavy atom. The van der Waals surface area contributed by atoms with Gasteiger partial charge in [0.05, 0.1) is 31.5 Å². The molecule has 3 aliphatic rings. The third-order valence-corrected chi connectivity index (χ3v) is 5.71. The zero-order chi connectivity index (χ0) is 22.9. The van der Waals surface area contributed by atoms with Crippen molar-refractivity contribution >= 4 is 11.9 Å². The second-order valence-electron chi connectivity index (χ2n) is 8.05. The molecule has 1 aliphatic carbocycles. The van der Waals surface area contributed by atoms with Crippen LogP contribution in [-0.4, -0.2) is 63.2 Å². The molecule has 1 saturated carbocycles. The predicted octanol–water partition coefficient (Wildman–Crippen LogP) is 2.59. The van der Waals surface area contributed by atoms with Crippen molar-refractivity contribution in [3.63, 3.8) is 0 Å². The van der Waals surface area contributed by atoms with Crippen molar-refractivity contribution in [3.05, 3.63) is 30.0 Å². The van der Waals surface area contributed by atoms with Crippen LogP contribution in [0, 0.1) is 17.7 Å². The monoisotopic (exact) mass is 459 g/mol. The number of fused-ring (bicyclic) bond motifs is 1. The molecule has 2 aromatic rings. The molecule has 0 radical (unpaired) electrons. The molecule has 0 bridgehead atoms. The van der Waals surface area contributed by atoms with Gasteiger partial charge in [0.1, 0.15) is 0 Å². The molecular formula is C19H21F4N5O4. The summed E-state index contributed by atoms with van der Waals surface area (Å²) >= 11 is 0. The Labute approximate surface area is 179 Å². The first-order valence-corrected chi connectivity index (χ1v) is 10.2. The van der Waals surface area contributed by atoms with Gasteiger partial charge >= 0.3 is 12.1 Å². The second-order valence-corrected chi connectivity index (χ2v) is 8.05. The van der Waals surface area contributed by atoms with Crippen LogP contribution < -0.4 is 4.90 Å². The average Bonchev–Trinajstić information content (AvgIpc) is 3.37. The van der Waals surface area contributed by atoms with Gasteiger partial charge in [0.2, 0.25) is 17.7 Å². The summed E-state index contributed by atoms with van der Waals surface area (Å²) in [4.78, 5) is 19.2. The number of alkyl halides is 3. The van der Waals surface area contributed by atoms with Gasteiger partial charge < -0.3 is 19.2 Å². The lowest BCUT2D eigenvalue weighted by Crippen LogP contribution is -2.42. The fourth-order valence-electron chi connectivity index (χ4n) is 3.96. The van der Waals surface area contributed by atoms with E-state index in [4.69, 9.17) is 19.1 Å². The number of aromatic nitrogens is 4. The lowest BCUT2D eigenvalue weighted by molar-refractivity contribution is -0.192. The van der Waals surface area contributed by atoms with E-state index in [2.05, 4.69) is 25.1 Å². The Kier molecular flexibility index (Phi) is 6.26. The van der Waals surface area contributed by atoms with Gasteiger partial charge in [-0.3, -0.25) is 0 Å².